The Labute approximate surface area is 284 Å². The van der Waals surface area contributed by atoms with Crippen molar-refractivity contribution in [3.63, 3.8) is 0 Å². The largest absolute Gasteiger partial charge is 0.416 e. The highest BCUT2D eigenvalue weighted by molar-refractivity contribution is 7.80. The second-order valence-corrected chi connectivity index (χ2v) is 19.6. The summed E-state index contributed by atoms with van der Waals surface area (Å²) in [5.74, 6) is 0.707. The Bertz CT molecular complexity index is 1640. The molecule has 0 amide bonds. The molecular weight excluding hydrogens is 667 g/mol. The zero-order chi connectivity index (χ0) is 35.3. The molecule has 0 saturated carbocycles. The third kappa shape index (κ3) is 7.29. The van der Waals surface area contributed by atoms with Crippen molar-refractivity contribution < 1.29 is 30.8 Å². The van der Waals surface area contributed by atoms with Gasteiger partial charge in [-0.1, -0.05) is 45.0 Å². The lowest BCUT2D eigenvalue weighted by Crippen LogP contribution is -2.67. The number of alkyl halides is 6. The first kappa shape index (κ1) is 36.3. The number of piperidine rings is 3. The molecule has 3 aliphatic heterocycles. The molecule has 3 saturated heterocycles. The highest BCUT2D eigenvalue weighted by atomic mass is 32.1. The molecule has 0 aliphatic carbocycles. The Morgan fingerprint density at radius 3 is 2.25 bits per heavy atom. The van der Waals surface area contributed by atoms with E-state index in [2.05, 4.69) is 61.0 Å². The van der Waals surface area contributed by atoms with E-state index in [1.165, 1.54) is 0 Å². The maximum Gasteiger partial charge on any atom is 0.416 e. The molecular formula is C35H42F6N4OSSi. The van der Waals surface area contributed by atoms with Crippen molar-refractivity contribution >= 4 is 42.2 Å². The predicted molar refractivity (Wildman–Crippen MR) is 184 cm³/mol. The highest BCUT2D eigenvalue weighted by Gasteiger charge is 2.55. The summed E-state index contributed by atoms with van der Waals surface area (Å²) in [6.45, 7) is 16.7. The summed E-state index contributed by atoms with van der Waals surface area (Å²) in [6.07, 6.45) is -4.37. The van der Waals surface area contributed by atoms with Crippen molar-refractivity contribution in [3.05, 3.63) is 84.1 Å². The zero-order valence-corrected chi connectivity index (χ0v) is 29.5. The molecule has 2 aromatic carbocycles. The van der Waals surface area contributed by atoms with Crippen LogP contribution in [-0.2, 0) is 22.4 Å². The van der Waals surface area contributed by atoms with E-state index < -0.39 is 43.1 Å². The lowest BCUT2D eigenvalue weighted by atomic mass is 9.69. The van der Waals surface area contributed by atoms with Crippen molar-refractivity contribution in [3.8, 4) is 0 Å². The Kier molecular flexibility index (Phi) is 9.85. The summed E-state index contributed by atoms with van der Waals surface area (Å²) in [5, 5.41) is 6.39. The van der Waals surface area contributed by atoms with Crippen LogP contribution < -0.4 is 10.6 Å². The van der Waals surface area contributed by atoms with Gasteiger partial charge < -0.3 is 15.1 Å². The van der Waals surface area contributed by atoms with Gasteiger partial charge in [0.05, 0.1) is 23.2 Å². The fraction of sp³-hybridized carbons (Fsp3) is 0.486. The fourth-order valence-corrected chi connectivity index (χ4v) is 8.58. The molecule has 6 rings (SSSR count). The minimum absolute atomic E-state index is 0.0946. The molecule has 2 N–H and O–H groups in total. The quantitative estimate of drug-likeness (QED) is 0.105. The van der Waals surface area contributed by atoms with Gasteiger partial charge >= 0.3 is 12.4 Å². The predicted octanol–water partition coefficient (Wildman–Crippen LogP) is 9.37. The van der Waals surface area contributed by atoms with E-state index in [-0.39, 0.29) is 28.8 Å². The van der Waals surface area contributed by atoms with Gasteiger partial charge in [-0.2, -0.15) is 26.3 Å². The molecule has 0 radical (unpaired) electrons. The molecule has 260 valence electrons. The Hall–Kier alpha value is -3.00. The lowest BCUT2D eigenvalue weighted by Gasteiger charge is -2.58. The molecule has 4 heterocycles. The number of nitrogens with zero attached hydrogens (tertiary/aromatic N) is 2. The molecule has 0 spiro atoms. The van der Waals surface area contributed by atoms with Gasteiger partial charge in [0.15, 0.2) is 13.4 Å². The number of benzene rings is 2. The number of para-hydroxylation sites is 1. The number of halogens is 6. The zero-order valence-electron chi connectivity index (χ0n) is 27.7. The second kappa shape index (κ2) is 13.0. The van der Waals surface area contributed by atoms with E-state index >= 15 is 0 Å². The average Bonchev–Trinajstić information content (AvgIpc) is 3.01. The summed E-state index contributed by atoms with van der Waals surface area (Å²) in [7, 11) is -2.57. The van der Waals surface area contributed by atoms with Crippen LogP contribution in [0.4, 0.5) is 32.0 Å². The molecule has 1 unspecified atom stereocenters. The van der Waals surface area contributed by atoms with Gasteiger partial charge in [-0.15, -0.1) is 6.58 Å². The van der Waals surface area contributed by atoms with Gasteiger partial charge in [-0.05, 0) is 97.5 Å². The smallest absolute Gasteiger partial charge is 0.404 e. The molecule has 1 aromatic heterocycles. The number of pyridine rings is 1. The third-order valence-electron chi connectivity index (χ3n) is 10.4. The Balaban J connectivity index is 1.60. The molecule has 3 aromatic rings. The van der Waals surface area contributed by atoms with Gasteiger partial charge in [0.1, 0.15) is 5.60 Å². The number of rotatable bonds is 8. The van der Waals surface area contributed by atoms with Crippen molar-refractivity contribution in [2.45, 2.75) is 75.7 Å². The number of aromatic nitrogens is 1. The first-order valence-corrected chi connectivity index (χ1v) is 19.3. The summed E-state index contributed by atoms with van der Waals surface area (Å²) < 4.78 is 89.2. The van der Waals surface area contributed by atoms with E-state index in [1.54, 1.807) is 6.20 Å². The molecule has 3 fully saturated rings. The first-order chi connectivity index (χ1) is 22.2. The van der Waals surface area contributed by atoms with Gasteiger partial charge in [-0.3, -0.25) is 9.88 Å². The highest BCUT2D eigenvalue weighted by Crippen LogP contribution is 2.50. The van der Waals surface area contributed by atoms with Crippen LogP contribution in [-0.4, -0.2) is 49.0 Å². The normalized spacial score (nSPS) is 23.1. The SMILES string of the molecule is C=C[C@H]1CN2CC[C@H]1C[C@@H]2[C@](CNC(=S)Nc1cc(C(F)(F)F)cc(C(F)(F)F)c1)(O[Si](C)(C)C(C)(C)C)c1ccnc2ccccc12. The number of hydrogen-bond donors (Lipinski definition) is 2. The minimum Gasteiger partial charge on any atom is -0.404 e. The maximum absolute atomic E-state index is 13.6. The van der Waals surface area contributed by atoms with Crippen LogP contribution in [0.15, 0.2) is 67.4 Å². The van der Waals surface area contributed by atoms with Crippen LogP contribution in [0, 0.1) is 11.8 Å². The van der Waals surface area contributed by atoms with Crippen molar-refractivity contribution in [2.75, 3.05) is 25.0 Å². The van der Waals surface area contributed by atoms with Crippen LogP contribution in [0.25, 0.3) is 10.9 Å². The number of nitrogens with one attached hydrogen (secondary N) is 2. The summed E-state index contributed by atoms with van der Waals surface area (Å²) >= 11 is 5.58. The first-order valence-electron chi connectivity index (χ1n) is 16.0. The monoisotopic (exact) mass is 708 g/mol. The molecule has 3 aliphatic rings. The van der Waals surface area contributed by atoms with E-state index in [0.29, 0.717) is 24.0 Å². The third-order valence-corrected chi connectivity index (χ3v) is 15.1. The van der Waals surface area contributed by atoms with E-state index in [0.717, 1.165) is 42.4 Å². The second-order valence-electron chi connectivity index (χ2n) is 14.4. The van der Waals surface area contributed by atoms with Gasteiger partial charge in [0.25, 0.3) is 0 Å². The topological polar surface area (TPSA) is 49.4 Å². The van der Waals surface area contributed by atoms with Crippen LogP contribution in [0.5, 0.6) is 0 Å². The number of hydrogen-bond acceptors (Lipinski definition) is 4. The van der Waals surface area contributed by atoms with Crippen LogP contribution >= 0.6 is 12.2 Å². The molecule has 2 bridgehead atoms. The van der Waals surface area contributed by atoms with Crippen molar-refractivity contribution in [1.29, 1.82) is 0 Å². The Morgan fingerprint density at radius 1 is 1.04 bits per heavy atom. The van der Waals surface area contributed by atoms with E-state index in [1.807, 2.05) is 36.4 Å². The Morgan fingerprint density at radius 2 is 1.69 bits per heavy atom. The van der Waals surface area contributed by atoms with E-state index in [9.17, 15) is 26.3 Å². The van der Waals surface area contributed by atoms with E-state index in [4.69, 9.17) is 16.6 Å². The maximum atomic E-state index is 13.6. The number of thiocarbonyl (C=S) groups is 1. The fourth-order valence-electron chi connectivity index (χ4n) is 6.86. The average molecular weight is 709 g/mol. The van der Waals surface area contributed by atoms with Crippen molar-refractivity contribution in [1.82, 2.24) is 15.2 Å². The lowest BCUT2D eigenvalue weighted by molar-refractivity contribution is -0.143. The molecule has 48 heavy (non-hydrogen) atoms. The molecule has 5 atom stereocenters. The summed E-state index contributed by atoms with van der Waals surface area (Å²) in [6, 6.07) is 11.0. The summed E-state index contributed by atoms with van der Waals surface area (Å²) in [5.41, 5.74) is -2.61. The van der Waals surface area contributed by atoms with Crippen LogP contribution in [0.2, 0.25) is 18.1 Å². The molecule has 13 heteroatoms. The van der Waals surface area contributed by atoms with Crippen LogP contribution in [0.3, 0.4) is 0 Å². The van der Waals surface area contributed by atoms with Crippen LogP contribution in [0.1, 0.15) is 50.3 Å². The minimum atomic E-state index is -4.99. The van der Waals surface area contributed by atoms with Gasteiger partial charge in [-0.25, -0.2) is 0 Å². The van der Waals surface area contributed by atoms with Gasteiger partial charge in [0, 0.05) is 29.9 Å². The summed E-state index contributed by atoms with van der Waals surface area (Å²) in [4.78, 5) is 7.05. The van der Waals surface area contributed by atoms with Crippen molar-refractivity contribution in [2.24, 2.45) is 11.8 Å². The van der Waals surface area contributed by atoms with Gasteiger partial charge in [0.2, 0.25) is 0 Å². The standard InChI is InChI=1S/C35H42F6N4OSSi/c1-7-22-20-45-15-13-23(22)16-30(45)33(46-48(5,6)32(2,3)4,28-12-14-42-29-11-9-8-10-27(28)29)21-43-31(47)44-26-18-24(34(36,37)38)17-25(19-26)35(39,40)41/h7-12,14,17-19,22-23,30H,1,13,15-16,20-21H2,2-6H3,(H2,43,44,47)/t22-,23-,30+,33+/m0/s1. The molecule has 5 nitrogen and oxygen atoms in total. The number of anilines is 1. The number of fused-ring (bicyclic) bond motifs is 4.